The second-order valence-electron chi connectivity index (χ2n) is 4.40. The molecule has 1 aromatic heterocycles. The average Bonchev–Trinajstić information content (AvgIpc) is 2.78. The van der Waals surface area contributed by atoms with Crippen molar-refractivity contribution in [3.8, 4) is 6.07 Å². The highest BCUT2D eigenvalue weighted by molar-refractivity contribution is 5.68. The van der Waals surface area contributed by atoms with Crippen LogP contribution in [0, 0.1) is 11.3 Å². The Morgan fingerprint density at radius 3 is 2.95 bits per heavy atom. The minimum atomic E-state index is 0.596. The van der Waals surface area contributed by atoms with E-state index in [1.165, 1.54) is 0 Å². The molecule has 0 aliphatic heterocycles. The predicted molar refractivity (Wildman–Crippen MR) is 75.5 cm³/mol. The minimum Gasteiger partial charge on any atom is -0.397 e. The first-order chi connectivity index (χ1) is 9.13. The van der Waals surface area contributed by atoms with Crippen LogP contribution in [0.4, 0.5) is 11.4 Å². The van der Waals surface area contributed by atoms with E-state index in [2.05, 4.69) is 23.4 Å². The molecule has 0 fully saturated rings. The fourth-order valence-corrected chi connectivity index (χ4v) is 2.00. The summed E-state index contributed by atoms with van der Waals surface area (Å²) in [7, 11) is 1.91. The summed E-state index contributed by atoms with van der Waals surface area (Å²) in [5.74, 6) is 0. The molecular weight excluding hydrogens is 238 g/mol. The van der Waals surface area contributed by atoms with E-state index in [4.69, 9.17) is 11.0 Å². The van der Waals surface area contributed by atoms with Crippen molar-refractivity contribution >= 4 is 11.4 Å². The molecule has 19 heavy (non-hydrogen) atoms. The van der Waals surface area contributed by atoms with Crippen LogP contribution in [-0.2, 0) is 20.0 Å². The Labute approximate surface area is 112 Å². The Bertz CT molecular complexity index is 621. The lowest BCUT2D eigenvalue weighted by atomic mass is 10.1. The summed E-state index contributed by atoms with van der Waals surface area (Å²) in [4.78, 5) is 0. The number of aromatic nitrogens is 2. The van der Waals surface area contributed by atoms with E-state index >= 15 is 0 Å². The van der Waals surface area contributed by atoms with Crippen molar-refractivity contribution in [2.45, 2.75) is 19.9 Å². The van der Waals surface area contributed by atoms with E-state index in [1.807, 2.05) is 17.9 Å². The molecule has 1 aromatic carbocycles. The molecule has 2 aromatic rings. The first-order valence-electron chi connectivity index (χ1n) is 6.19. The van der Waals surface area contributed by atoms with Gasteiger partial charge in [-0.1, -0.05) is 6.92 Å². The molecule has 0 unspecified atom stereocenters. The minimum absolute atomic E-state index is 0.596. The molecule has 0 spiro atoms. The number of benzene rings is 1. The van der Waals surface area contributed by atoms with Gasteiger partial charge in [-0.25, -0.2) is 0 Å². The Morgan fingerprint density at radius 2 is 2.26 bits per heavy atom. The maximum Gasteiger partial charge on any atom is 0.0992 e. The van der Waals surface area contributed by atoms with Crippen molar-refractivity contribution in [2.75, 3.05) is 11.1 Å². The molecule has 5 nitrogen and oxygen atoms in total. The predicted octanol–water partition coefficient (Wildman–Crippen LogP) is 2.05. The van der Waals surface area contributed by atoms with Crippen LogP contribution < -0.4 is 11.1 Å². The lowest BCUT2D eigenvalue weighted by Crippen LogP contribution is -2.04. The van der Waals surface area contributed by atoms with E-state index in [1.54, 1.807) is 18.2 Å². The van der Waals surface area contributed by atoms with Crippen LogP contribution >= 0.6 is 0 Å². The van der Waals surface area contributed by atoms with Gasteiger partial charge in [0, 0.05) is 25.4 Å². The zero-order valence-electron chi connectivity index (χ0n) is 11.1. The number of anilines is 2. The van der Waals surface area contributed by atoms with Gasteiger partial charge >= 0.3 is 0 Å². The van der Waals surface area contributed by atoms with Gasteiger partial charge in [-0.15, -0.1) is 0 Å². The maximum absolute atomic E-state index is 8.89. The van der Waals surface area contributed by atoms with Crippen LogP contribution in [-0.4, -0.2) is 9.78 Å². The summed E-state index contributed by atoms with van der Waals surface area (Å²) in [6.45, 7) is 2.73. The number of aryl methyl sites for hydroxylation is 2. The van der Waals surface area contributed by atoms with Crippen molar-refractivity contribution in [3.63, 3.8) is 0 Å². The largest absolute Gasteiger partial charge is 0.397 e. The smallest absolute Gasteiger partial charge is 0.0992 e. The lowest BCUT2D eigenvalue weighted by molar-refractivity contribution is 0.746. The van der Waals surface area contributed by atoms with Crippen LogP contribution in [0.15, 0.2) is 24.4 Å². The number of nitriles is 1. The van der Waals surface area contributed by atoms with Gasteiger partial charge in [0.15, 0.2) is 0 Å². The number of rotatable bonds is 4. The highest BCUT2D eigenvalue weighted by Gasteiger charge is 2.07. The van der Waals surface area contributed by atoms with Crippen molar-refractivity contribution in [2.24, 2.45) is 7.05 Å². The van der Waals surface area contributed by atoms with E-state index in [9.17, 15) is 0 Å². The van der Waals surface area contributed by atoms with Crippen LogP contribution in [0.5, 0.6) is 0 Å². The molecule has 0 radical (unpaired) electrons. The second kappa shape index (κ2) is 5.44. The van der Waals surface area contributed by atoms with Crippen LogP contribution in [0.25, 0.3) is 0 Å². The van der Waals surface area contributed by atoms with Crippen LogP contribution in [0.1, 0.15) is 23.7 Å². The summed E-state index contributed by atoms with van der Waals surface area (Å²) in [5.41, 5.74) is 10.1. The van der Waals surface area contributed by atoms with E-state index < -0.39 is 0 Å². The summed E-state index contributed by atoms with van der Waals surface area (Å²) < 4.78 is 1.81. The van der Waals surface area contributed by atoms with Crippen LogP contribution in [0.3, 0.4) is 0 Å². The van der Waals surface area contributed by atoms with Gasteiger partial charge in [0.05, 0.1) is 28.7 Å². The maximum atomic E-state index is 8.89. The average molecular weight is 255 g/mol. The summed E-state index contributed by atoms with van der Waals surface area (Å²) in [6, 6.07) is 7.32. The number of nitrogens with one attached hydrogen (secondary N) is 1. The quantitative estimate of drug-likeness (QED) is 0.819. The molecule has 0 aliphatic rings. The van der Waals surface area contributed by atoms with Gasteiger partial charge in [-0.3, -0.25) is 4.68 Å². The molecule has 5 heteroatoms. The van der Waals surface area contributed by atoms with Crippen molar-refractivity contribution in [1.29, 1.82) is 5.26 Å². The molecule has 0 amide bonds. The molecule has 3 N–H and O–H groups in total. The Kier molecular flexibility index (Phi) is 3.71. The summed E-state index contributed by atoms with van der Waals surface area (Å²) in [6.07, 6.45) is 2.89. The first kappa shape index (κ1) is 13.0. The monoisotopic (exact) mass is 255 g/mol. The summed E-state index contributed by atoms with van der Waals surface area (Å²) in [5, 5.41) is 16.5. The zero-order valence-corrected chi connectivity index (χ0v) is 11.1. The normalized spacial score (nSPS) is 10.2. The van der Waals surface area contributed by atoms with E-state index in [0.717, 1.165) is 23.4 Å². The second-order valence-corrected chi connectivity index (χ2v) is 4.40. The van der Waals surface area contributed by atoms with Gasteiger partial charge < -0.3 is 11.1 Å². The van der Waals surface area contributed by atoms with Crippen molar-refractivity contribution in [3.05, 3.63) is 41.2 Å². The number of nitrogens with zero attached hydrogens (tertiary/aromatic N) is 3. The summed E-state index contributed by atoms with van der Waals surface area (Å²) >= 11 is 0. The fourth-order valence-electron chi connectivity index (χ4n) is 2.00. The van der Waals surface area contributed by atoms with Gasteiger partial charge in [-0.2, -0.15) is 10.4 Å². The highest BCUT2D eigenvalue weighted by atomic mass is 15.3. The molecule has 0 bridgehead atoms. The Balaban J connectivity index is 2.16. The zero-order chi connectivity index (χ0) is 13.8. The Hall–Kier alpha value is -2.48. The highest BCUT2D eigenvalue weighted by Crippen LogP contribution is 2.21. The van der Waals surface area contributed by atoms with Gasteiger partial charge in [0.1, 0.15) is 0 Å². The van der Waals surface area contributed by atoms with E-state index in [-0.39, 0.29) is 0 Å². The van der Waals surface area contributed by atoms with E-state index in [0.29, 0.717) is 17.8 Å². The molecular formula is C14H17N5. The SMILES string of the molecule is CCc1nn(C)cc1CNc1cc(C#N)ccc1N. The van der Waals surface area contributed by atoms with Gasteiger partial charge in [-0.05, 0) is 24.6 Å². The third kappa shape index (κ3) is 2.86. The molecule has 0 saturated heterocycles. The molecule has 98 valence electrons. The molecule has 0 aliphatic carbocycles. The lowest BCUT2D eigenvalue weighted by Gasteiger charge is -2.09. The van der Waals surface area contributed by atoms with Gasteiger partial charge in [0.25, 0.3) is 0 Å². The van der Waals surface area contributed by atoms with Gasteiger partial charge in [0.2, 0.25) is 0 Å². The van der Waals surface area contributed by atoms with Crippen molar-refractivity contribution < 1.29 is 0 Å². The number of hydrogen-bond acceptors (Lipinski definition) is 4. The third-order valence-electron chi connectivity index (χ3n) is 2.98. The van der Waals surface area contributed by atoms with Crippen LogP contribution in [0.2, 0.25) is 0 Å². The molecule has 0 saturated carbocycles. The Morgan fingerprint density at radius 1 is 1.47 bits per heavy atom. The molecule has 2 rings (SSSR count). The standard InChI is InChI=1S/C14H17N5/c1-3-13-11(9-19(2)18-13)8-17-14-6-10(7-15)4-5-12(14)16/h4-6,9,17H,3,8,16H2,1-2H3. The third-order valence-corrected chi connectivity index (χ3v) is 2.98. The van der Waals surface area contributed by atoms with Crippen molar-refractivity contribution in [1.82, 2.24) is 9.78 Å². The topological polar surface area (TPSA) is 79.7 Å². The first-order valence-corrected chi connectivity index (χ1v) is 6.19. The fraction of sp³-hybridized carbons (Fsp3) is 0.286. The molecule has 1 heterocycles. The molecule has 0 atom stereocenters. The number of hydrogen-bond donors (Lipinski definition) is 2. The number of nitrogens with two attached hydrogens (primary N) is 1. The number of nitrogen functional groups attached to an aromatic ring is 1.